The second kappa shape index (κ2) is 11.1. The van der Waals surface area contributed by atoms with Gasteiger partial charge in [-0.05, 0) is 30.5 Å². The first-order chi connectivity index (χ1) is 11.0. The molecule has 132 valence electrons. The van der Waals surface area contributed by atoms with Gasteiger partial charge in [0, 0.05) is 16.1 Å². The Balaban J connectivity index is 0.00000170. The van der Waals surface area contributed by atoms with E-state index in [0.29, 0.717) is 0 Å². The second-order valence-corrected chi connectivity index (χ2v) is 7.19. The predicted octanol–water partition coefficient (Wildman–Crippen LogP) is 6.57. The lowest BCUT2D eigenvalue weighted by Gasteiger charge is -2.17. The summed E-state index contributed by atoms with van der Waals surface area (Å²) in [6.45, 7) is 10.1. The standard InChI is InChI=1S/C19H22OS.C2H6.CH4/c1-15-9-10-18(21-14-19(2,3)13-20)17(11-15)12-16-7-5-4-6-8-16;1-2;/h4-11,13H,12,14H2,1-3H3;1-2H3;1H4. The maximum atomic E-state index is 11.1. The Kier molecular flexibility index (Phi) is 10.4. The Labute approximate surface area is 152 Å². The third kappa shape index (κ3) is 7.35. The molecule has 0 bridgehead atoms. The van der Waals surface area contributed by atoms with Crippen LogP contribution in [0.3, 0.4) is 0 Å². The number of rotatable bonds is 6. The van der Waals surface area contributed by atoms with Crippen LogP contribution in [-0.2, 0) is 11.2 Å². The van der Waals surface area contributed by atoms with E-state index in [1.165, 1.54) is 21.6 Å². The minimum Gasteiger partial charge on any atom is -0.303 e. The van der Waals surface area contributed by atoms with Gasteiger partial charge in [-0.3, -0.25) is 0 Å². The van der Waals surface area contributed by atoms with Gasteiger partial charge in [-0.2, -0.15) is 0 Å². The normalized spacial score (nSPS) is 10.2. The van der Waals surface area contributed by atoms with Crippen molar-refractivity contribution in [3.63, 3.8) is 0 Å². The number of hydrogen-bond donors (Lipinski definition) is 0. The summed E-state index contributed by atoms with van der Waals surface area (Å²) >= 11 is 1.78. The Bertz CT molecular complexity index is 603. The van der Waals surface area contributed by atoms with Crippen LogP contribution in [0.15, 0.2) is 53.4 Å². The first-order valence-electron chi connectivity index (χ1n) is 8.23. The highest BCUT2D eigenvalue weighted by Gasteiger charge is 2.17. The molecule has 0 aliphatic carbocycles. The van der Waals surface area contributed by atoms with E-state index in [0.717, 1.165) is 18.5 Å². The lowest BCUT2D eigenvalue weighted by Crippen LogP contribution is -2.16. The van der Waals surface area contributed by atoms with Crippen molar-refractivity contribution in [3.8, 4) is 0 Å². The van der Waals surface area contributed by atoms with E-state index in [2.05, 4.69) is 49.4 Å². The highest BCUT2D eigenvalue weighted by atomic mass is 32.2. The van der Waals surface area contributed by atoms with Crippen LogP contribution in [0.5, 0.6) is 0 Å². The van der Waals surface area contributed by atoms with Crippen molar-refractivity contribution in [1.82, 2.24) is 0 Å². The molecule has 0 fully saturated rings. The van der Waals surface area contributed by atoms with Gasteiger partial charge in [0.25, 0.3) is 0 Å². The molecule has 0 aliphatic heterocycles. The molecule has 0 N–H and O–H groups in total. The van der Waals surface area contributed by atoms with Gasteiger partial charge in [0.1, 0.15) is 6.29 Å². The molecule has 0 aliphatic rings. The number of carbonyl (C=O) groups excluding carboxylic acids is 1. The summed E-state index contributed by atoms with van der Waals surface area (Å²) in [5, 5.41) is 0. The Hall–Kier alpha value is -1.54. The molecule has 2 heteroatoms. The fraction of sp³-hybridized carbons (Fsp3) is 0.409. The smallest absolute Gasteiger partial charge is 0.126 e. The fourth-order valence-corrected chi connectivity index (χ4v) is 3.18. The number of hydrogen-bond acceptors (Lipinski definition) is 2. The number of carbonyl (C=O) groups is 1. The molecule has 0 aromatic heterocycles. The molecule has 0 radical (unpaired) electrons. The molecule has 1 nitrogen and oxygen atoms in total. The Morgan fingerprint density at radius 3 is 2.25 bits per heavy atom. The summed E-state index contributed by atoms with van der Waals surface area (Å²) in [5.41, 5.74) is 3.66. The van der Waals surface area contributed by atoms with Gasteiger partial charge in [0.2, 0.25) is 0 Å². The lowest BCUT2D eigenvalue weighted by molar-refractivity contribution is -0.113. The van der Waals surface area contributed by atoms with Crippen LogP contribution in [0.4, 0.5) is 0 Å². The third-order valence-electron chi connectivity index (χ3n) is 3.37. The maximum Gasteiger partial charge on any atom is 0.126 e. The van der Waals surface area contributed by atoms with E-state index >= 15 is 0 Å². The number of thioether (sulfide) groups is 1. The molecule has 2 aromatic carbocycles. The molecule has 0 heterocycles. The van der Waals surface area contributed by atoms with Gasteiger partial charge in [-0.25, -0.2) is 0 Å². The van der Waals surface area contributed by atoms with Crippen LogP contribution in [0.25, 0.3) is 0 Å². The molecular weight excluding hydrogens is 312 g/mol. The molecule has 24 heavy (non-hydrogen) atoms. The van der Waals surface area contributed by atoms with E-state index in [-0.39, 0.29) is 12.8 Å². The summed E-state index contributed by atoms with van der Waals surface area (Å²) in [6, 6.07) is 17.1. The number of aldehydes is 1. The number of benzene rings is 2. The Morgan fingerprint density at radius 2 is 1.67 bits per heavy atom. The second-order valence-electron chi connectivity index (χ2n) is 6.17. The minimum atomic E-state index is -0.278. The molecule has 0 saturated heterocycles. The van der Waals surface area contributed by atoms with Crippen molar-refractivity contribution in [3.05, 3.63) is 65.2 Å². The lowest BCUT2D eigenvalue weighted by atomic mass is 10.00. The van der Waals surface area contributed by atoms with Gasteiger partial charge in [-0.1, -0.05) is 83.1 Å². The van der Waals surface area contributed by atoms with E-state index < -0.39 is 0 Å². The van der Waals surface area contributed by atoms with Crippen LogP contribution in [-0.4, -0.2) is 12.0 Å². The van der Waals surface area contributed by atoms with Crippen LogP contribution >= 0.6 is 11.8 Å². The third-order valence-corrected chi connectivity index (χ3v) is 4.97. The summed E-state index contributed by atoms with van der Waals surface area (Å²) in [5.74, 6) is 0.807. The minimum absolute atomic E-state index is 0. The summed E-state index contributed by atoms with van der Waals surface area (Å²) in [6.07, 6.45) is 1.98. The van der Waals surface area contributed by atoms with Gasteiger partial charge in [-0.15, -0.1) is 11.8 Å². The molecule has 0 unspecified atom stereocenters. The molecule has 2 rings (SSSR count). The largest absolute Gasteiger partial charge is 0.303 e. The highest BCUT2D eigenvalue weighted by Crippen LogP contribution is 2.30. The summed E-state index contributed by atoms with van der Waals surface area (Å²) in [4.78, 5) is 12.3. The molecule has 0 spiro atoms. The van der Waals surface area contributed by atoms with Crippen molar-refractivity contribution < 1.29 is 4.79 Å². The molecule has 0 saturated carbocycles. The van der Waals surface area contributed by atoms with Gasteiger partial charge in [0.05, 0.1) is 0 Å². The SMILES string of the molecule is C.CC.Cc1ccc(SCC(C)(C)C=O)c(Cc2ccccc2)c1. The zero-order valence-electron chi connectivity index (χ0n) is 14.9. The highest BCUT2D eigenvalue weighted by molar-refractivity contribution is 7.99. The van der Waals surface area contributed by atoms with Crippen molar-refractivity contribution in [1.29, 1.82) is 0 Å². The van der Waals surface area contributed by atoms with Crippen LogP contribution in [0.2, 0.25) is 0 Å². The summed E-state index contributed by atoms with van der Waals surface area (Å²) in [7, 11) is 0. The molecular formula is C22H32OS. The zero-order valence-corrected chi connectivity index (χ0v) is 15.7. The van der Waals surface area contributed by atoms with E-state index in [1.807, 2.05) is 33.8 Å². The monoisotopic (exact) mass is 344 g/mol. The first-order valence-corrected chi connectivity index (χ1v) is 9.21. The van der Waals surface area contributed by atoms with E-state index in [1.54, 1.807) is 11.8 Å². The van der Waals surface area contributed by atoms with E-state index in [4.69, 9.17) is 0 Å². The molecule has 0 amide bonds. The van der Waals surface area contributed by atoms with Crippen LogP contribution in [0, 0.1) is 12.3 Å². The van der Waals surface area contributed by atoms with Gasteiger partial charge < -0.3 is 4.79 Å². The van der Waals surface area contributed by atoms with Crippen LogP contribution in [0.1, 0.15) is 51.8 Å². The molecule has 2 aromatic rings. The van der Waals surface area contributed by atoms with Crippen molar-refractivity contribution in [2.75, 3.05) is 5.75 Å². The van der Waals surface area contributed by atoms with Crippen molar-refractivity contribution in [2.45, 2.75) is 53.4 Å². The predicted molar refractivity (Wildman–Crippen MR) is 109 cm³/mol. The van der Waals surface area contributed by atoms with Crippen molar-refractivity contribution in [2.24, 2.45) is 5.41 Å². The first kappa shape index (κ1) is 22.5. The topological polar surface area (TPSA) is 17.1 Å². The van der Waals surface area contributed by atoms with Gasteiger partial charge in [0.15, 0.2) is 0 Å². The molecule has 0 atom stereocenters. The number of aryl methyl sites for hydroxylation is 1. The average molecular weight is 345 g/mol. The quantitative estimate of drug-likeness (QED) is 0.436. The van der Waals surface area contributed by atoms with E-state index in [9.17, 15) is 4.79 Å². The zero-order chi connectivity index (χ0) is 17.3. The average Bonchev–Trinajstić information content (AvgIpc) is 2.57. The van der Waals surface area contributed by atoms with Crippen molar-refractivity contribution >= 4 is 18.0 Å². The maximum absolute atomic E-state index is 11.1. The fourth-order valence-electron chi connectivity index (χ4n) is 2.10. The Morgan fingerprint density at radius 1 is 1.04 bits per heavy atom. The summed E-state index contributed by atoms with van der Waals surface area (Å²) < 4.78 is 0. The van der Waals surface area contributed by atoms with Crippen LogP contribution < -0.4 is 0 Å². The van der Waals surface area contributed by atoms with Gasteiger partial charge >= 0.3 is 0 Å².